The van der Waals surface area contributed by atoms with Gasteiger partial charge in [0.25, 0.3) is 0 Å². The van der Waals surface area contributed by atoms with Crippen LogP contribution < -0.4 is 19.7 Å². The second-order valence-corrected chi connectivity index (χ2v) is 29.5. The van der Waals surface area contributed by atoms with Gasteiger partial charge in [0, 0.05) is 14.7 Å². The predicted molar refractivity (Wildman–Crippen MR) is 407 cm³/mol. The molecule has 3 heterocycles. The monoisotopic (exact) mass is 1610 g/mol. The molecule has 102 heavy (non-hydrogen) atoms. The third kappa shape index (κ3) is 23.6. The van der Waals surface area contributed by atoms with Crippen LogP contribution in [-0.2, 0) is 43.7 Å². The van der Waals surface area contributed by atoms with Gasteiger partial charge >= 0.3 is 25.0 Å². The highest BCUT2D eigenvalue weighted by Crippen LogP contribution is 2.37. The first-order valence-electron chi connectivity index (χ1n) is 31.1. The van der Waals surface area contributed by atoms with Crippen LogP contribution in [0.1, 0.15) is 58.2 Å². The first-order chi connectivity index (χ1) is 48.6. The molecule has 0 fully saturated rings. The van der Waals surface area contributed by atoms with Crippen LogP contribution in [0.15, 0.2) is 197 Å². The number of imidazole rings is 3. The minimum Gasteiger partial charge on any atom is -0.486 e. The lowest BCUT2D eigenvalue weighted by molar-refractivity contribution is -0.152. The zero-order valence-corrected chi connectivity index (χ0v) is 62.3. The van der Waals surface area contributed by atoms with Gasteiger partial charge in [0.05, 0.1) is 65.4 Å². The number of benzene rings is 9. The number of aromatic nitrogens is 6. The maximum absolute atomic E-state index is 14.7. The van der Waals surface area contributed by atoms with Crippen LogP contribution in [-0.4, -0.2) is 98.5 Å². The average Bonchev–Trinajstić information content (AvgIpc) is 1.51. The van der Waals surface area contributed by atoms with E-state index in [-0.39, 0.29) is 71.7 Å². The molecule has 0 aliphatic heterocycles. The topological polar surface area (TPSA) is 244 Å². The minimum atomic E-state index is -1.68. The van der Waals surface area contributed by atoms with Crippen LogP contribution in [0.5, 0.6) is 17.2 Å². The van der Waals surface area contributed by atoms with Crippen molar-refractivity contribution in [1.29, 1.82) is 0 Å². The number of carbonyl (C=O) groups is 3. The molecule has 6 N–H and O–H groups in total. The Labute approximate surface area is 627 Å². The fourth-order valence-electron chi connectivity index (χ4n) is 9.34. The van der Waals surface area contributed by atoms with Gasteiger partial charge in [-0.05, 0) is 170 Å². The second-order valence-electron chi connectivity index (χ2n) is 24.2. The number of rotatable bonds is 21. The van der Waals surface area contributed by atoms with Crippen LogP contribution in [0.2, 0.25) is 15.1 Å². The molecule has 0 amide bonds. The number of carboxylic acids is 1. The maximum atomic E-state index is 14.7. The molecule has 0 unspecified atom stereocenters. The number of nitrogens with zero attached hydrogens (tertiary/aromatic N) is 3. The molecule has 0 saturated carbocycles. The van der Waals surface area contributed by atoms with E-state index in [9.17, 15) is 27.6 Å². The molecule has 0 aliphatic carbocycles. The number of thioether (sulfide) groups is 3. The summed E-state index contributed by atoms with van der Waals surface area (Å²) in [5.41, 5.74) is 8.80. The summed E-state index contributed by atoms with van der Waals surface area (Å²) in [6, 6.07) is 52.5. The van der Waals surface area contributed by atoms with Crippen molar-refractivity contribution in [3.8, 4) is 39.5 Å². The van der Waals surface area contributed by atoms with Crippen LogP contribution in [0, 0.1) is 21.0 Å². The highest BCUT2D eigenvalue weighted by molar-refractivity contribution is 14.1. The number of fused-ring (bicyclic) bond motifs is 3. The summed E-state index contributed by atoms with van der Waals surface area (Å²) < 4.78 is 71.0. The van der Waals surface area contributed by atoms with Gasteiger partial charge in [0.2, 0.25) is 0 Å². The normalized spacial score (nSPS) is 11.2. The van der Waals surface area contributed by atoms with Crippen molar-refractivity contribution in [1.82, 2.24) is 29.9 Å². The second kappa shape index (κ2) is 36.2. The Morgan fingerprint density at radius 3 is 1.16 bits per heavy atom. The van der Waals surface area contributed by atoms with Crippen LogP contribution in [0.4, 0.5) is 13.2 Å². The van der Waals surface area contributed by atoms with Crippen molar-refractivity contribution in [2.75, 3.05) is 17.3 Å². The zero-order valence-electron chi connectivity index (χ0n) is 55.5. The average molecular weight is 1610 g/mol. The highest BCUT2D eigenvalue weighted by atomic mass is 127. The Bertz CT molecular complexity index is 4840. The van der Waals surface area contributed by atoms with Crippen molar-refractivity contribution >= 4 is 156 Å². The number of H-pyrrole nitrogens is 3. The first-order valence-corrected chi connectivity index (χ1v) is 36.3. The van der Waals surface area contributed by atoms with Gasteiger partial charge < -0.3 is 53.8 Å². The molecule has 0 saturated heterocycles. The molecule has 17 nitrogen and oxygen atoms in total. The number of nitrogens with one attached hydrogen (secondary N) is 3. The maximum Gasteiger partial charge on any atom is 0.488 e. The van der Waals surface area contributed by atoms with Crippen LogP contribution in [0.3, 0.4) is 0 Å². The van der Waals surface area contributed by atoms with Crippen molar-refractivity contribution < 1.29 is 66.4 Å². The Balaban J connectivity index is 0.000000163. The predicted octanol–water partition coefficient (Wildman–Crippen LogP) is 18.2. The van der Waals surface area contributed by atoms with E-state index in [2.05, 4.69) is 52.5 Å². The van der Waals surface area contributed by atoms with E-state index in [1.165, 1.54) is 47.8 Å². The molecule has 28 heteroatoms. The number of hydrogen-bond acceptors (Lipinski definition) is 16. The van der Waals surface area contributed by atoms with E-state index < -0.39 is 41.7 Å². The number of carboxylic acid groups (broad SMARTS) is 1. The summed E-state index contributed by atoms with van der Waals surface area (Å²) >= 11 is 24.8. The Morgan fingerprint density at radius 1 is 0.471 bits per heavy atom. The molecule has 3 aromatic heterocycles. The molecular formula is C74H66BCl3F3IN6O11S3. The number of ether oxygens (including phenoxy) is 5. The summed E-state index contributed by atoms with van der Waals surface area (Å²) in [7, 11) is -1.68. The quantitative estimate of drug-likeness (QED) is 0.0169. The standard InChI is InChI=1S/C26H24ClFN2O3S.C22H16ClFN2O3S.C13H12BFO3.C13H14ClIN2O2S/c1-26(2,3)33-24(31)15-34-25-29-21-12-18(19(27)13-22(21)30-25)17-9-10-23(20(28)11-17)32-14-16-7-5-4-6-8-16;23-16-10-19-18(25-22(26-19)30-12-21(27)28)9-15(16)14-6-7-20(17(24)8-14)29-11-13-4-2-1-3-5-13;15-12-8-11(14(16)17)6-7-13(12)18-9-10-4-2-1-3-5-10;1-13(2,3)19-11(18)6-20-12-16-9-4-7(14)8(15)5-10(9)17-12/h4-13H,14-15H2,1-3H3,(H,29,30);1-10H,11-12H2,(H,25,26)(H,27,28);1-8,16-17H,9H2;4-5H,6H2,1-3H3,(H,16,17). The number of halogens is 7. The van der Waals surface area contributed by atoms with Gasteiger partial charge in [-0.25, -0.2) is 28.1 Å². The number of aromatic amines is 3. The molecule has 9 aromatic carbocycles. The van der Waals surface area contributed by atoms with Gasteiger partial charge in [0.15, 0.2) is 50.2 Å². The number of hydrogen-bond donors (Lipinski definition) is 6. The molecule has 0 atom stereocenters. The van der Waals surface area contributed by atoms with E-state index >= 15 is 0 Å². The summed E-state index contributed by atoms with van der Waals surface area (Å²) in [4.78, 5) is 57.0. The molecule has 528 valence electrons. The van der Waals surface area contributed by atoms with Crippen LogP contribution in [0.25, 0.3) is 55.4 Å². The highest BCUT2D eigenvalue weighted by Gasteiger charge is 2.21. The number of carbonyl (C=O) groups excluding carboxylic acids is 2. The van der Waals surface area contributed by atoms with Gasteiger partial charge in [0.1, 0.15) is 31.0 Å². The third-order valence-corrected chi connectivity index (χ3v) is 18.6. The molecule has 0 radical (unpaired) electrons. The summed E-state index contributed by atoms with van der Waals surface area (Å²) in [5.74, 6) is -2.40. The van der Waals surface area contributed by atoms with Gasteiger partial charge in [-0.15, -0.1) is 0 Å². The SMILES string of the molecule is CC(C)(C)OC(=O)CSc1nc2cc(-c3ccc(OCc4ccccc4)c(F)c3)c(Cl)cc2[nH]1.CC(C)(C)OC(=O)CSc1nc2cc(I)c(Cl)cc2[nH]1.O=C(O)CSc1nc2cc(-c3ccc(OCc4ccccc4)c(F)c3)c(Cl)cc2[nH]1.OB(O)c1ccc(OCc2ccccc2)c(F)c1. The molecule has 0 aliphatic rings. The molecule has 12 rings (SSSR count). The van der Waals surface area contributed by atoms with Crippen LogP contribution >= 0.6 is 92.7 Å². The molecule has 0 bridgehead atoms. The zero-order chi connectivity index (χ0) is 73.3. The van der Waals surface area contributed by atoms with E-state index in [0.29, 0.717) is 69.3 Å². The lowest BCUT2D eigenvalue weighted by atomic mass is 9.80. The lowest BCUT2D eigenvalue weighted by Gasteiger charge is -2.18. The van der Waals surface area contributed by atoms with Gasteiger partial charge in [-0.2, -0.15) is 0 Å². The summed E-state index contributed by atoms with van der Waals surface area (Å²) in [6.45, 7) is 11.8. The fourth-order valence-corrected chi connectivity index (χ4v) is 12.4. The Hall–Kier alpha value is -8.38. The van der Waals surface area contributed by atoms with Crippen molar-refractivity contribution in [3.63, 3.8) is 0 Å². The lowest BCUT2D eigenvalue weighted by Crippen LogP contribution is -2.29. The molecule has 0 spiro atoms. The van der Waals surface area contributed by atoms with Crippen molar-refractivity contribution in [3.05, 3.63) is 235 Å². The smallest absolute Gasteiger partial charge is 0.486 e. The van der Waals surface area contributed by atoms with E-state index in [1.54, 1.807) is 48.5 Å². The fraction of sp³-hybridized carbons (Fsp3) is 0.189. The van der Waals surface area contributed by atoms with Gasteiger partial charge in [-0.3, -0.25) is 14.4 Å². The number of esters is 2. The number of aliphatic carboxylic acids is 1. The van der Waals surface area contributed by atoms with Gasteiger partial charge in [-0.1, -0.05) is 179 Å². The van der Waals surface area contributed by atoms with E-state index in [4.69, 9.17) is 73.6 Å². The minimum absolute atomic E-state index is 0.0863. The third-order valence-electron chi connectivity index (χ3n) is 13.9. The van der Waals surface area contributed by atoms with E-state index in [1.807, 2.05) is 145 Å². The van der Waals surface area contributed by atoms with E-state index in [0.717, 1.165) is 54.6 Å². The summed E-state index contributed by atoms with van der Waals surface area (Å²) in [6.07, 6.45) is 0. The van der Waals surface area contributed by atoms with Crippen molar-refractivity contribution in [2.45, 2.75) is 88.0 Å². The Morgan fingerprint density at radius 2 is 0.814 bits per heavy atom. The first kappa shape index (κ1) is 77.8. The molecular weight excluding hydrogens is 1550 g/mol. The summed E-state index contributed by atoms with van der Waals surface area (Å²) in [5, 5.41) is 29.9. The Kier molecular flexibility index (Phi) is 27.6. The van der Waals surface area contributed by atoms with Crippen molar-refractivity contribution in [2.24, 2.45) is 0 Å². The largest absolute Gasteiger partial charge is 0.488 e. The molecule has 12 aromatic rings.